The third kappa shape index (κ3) is 4.67. The second-order valence-corrected chi connectivity index (χ2v) is 7.67. The maximum atomic E-state index is 12.0. The van der Waals surface area contributed by atoms with E-state index in [-0.39, 0.29) is 25.2 Å². The molecule has 1 amide bonds. The number of rotatable bonds is 7. The molecule has 1 fully saturated rings. The van der Waals surface area contributed by atoms with Crippen molar-refractivity contribution in [1.29, 1.82) is 0 Å². The van der Waals surface area contributed by atoms with E-state index in [2.05, 4.69) is 29.8 Å². The van der Waals surface area contributed by atoms with Crippen molar-refractivity contribution in [3.05, 3.63) is 53.4 Å². The summed E-state index contributed by atoms with van der Waals surface area (Å²) in [5, 5.41) is 2.70. The molecule has 1 aromatic heterocycles. The lowest BCUT2D eigenvalue weighted by atomic mass is 10.2. The smallest absolute Gasteiger partial charge is 0.331 e. The first-order valence-electron chi connectivity index (χ1n) is 10.2. The molecular weight excluding hydrogens is 384 g/mol. The van der Waals surface area contributed by atoms with Gasteiger partial charge in [0.05, 0.1) is 6.54 Å². The third-order valence-electron chi connectivity index (χ3n) is 5.27. The van der Waals surface area contributed by atoms with Crippen LogP contribution in [0.4, 0.5) is 0 Å². The average Bonchev–Trinajstić information content (AvgIpc) is 3.54. The van der Waals surface area contributed by atoms with Gasteiger partial charge in [0.1, 0.15) is 12.7 Å². The Balaban J connectivity index is 1.20. The number of esters is 1. The van der Waals surface area contributed by atoms with Crippen LogP contribution >= 0.6 is 0 Å². The van der Waals surface area contributed by atoms with Crippen LogP contribution in [0, 0.1) is 13.8 Å². The molecule has 7 nitrogen and oxygen atoms in total. The number of hydrogen-bond acceptors (Lipinski definition) is 5. The lowest BCUT2D eigenvalue weighted by molar-refractivity contribution is -0.143. The van der Waals surface area contributed by atoms with Crippen LogP contribution in [-0.2, 0) is 14.3 Å². The van der Waals surface area contributed by atoms with Gasteiger partial charge in [0.15, 0.2) is 18.1 Å². The van der Waals surface area contributed by atoms with E-state index in [1.807, 2.05) is 24.3 Å². The average molecular weight is 410 g/mol. The lowest BCUT2D eigenvalue weighted by Crippen LogP contribution is -2.42. The van der Waals surface area contributed by atoms with Crippen LogP contribution < -0.4 is 14.8 Å². The van der Waals surface area contributed by atoms with Crippen LogP contribution in [0.3, 0.4) is 0 Å². The van der Waals surface area contributed by atoms with Crippen molar-refractivity contribution < 1.29 is 23.8 Å². The standard InChI is InChI=1S/C23H26N2O5/c1-15-11-17(16(2)25(15)18-8-9-18)7-10-23(27)29-14-22(26)24-12-19-13-28-20-5-3-4-6-21(20)30-19/h3-7,10-11,18-19H,8-9,12-14H2,1-2H3,(H,24,26)/b10-7+/t19-/m0/s1. The highest BCUT2D eigenvalue weighted by atomic mass is 16.6. The highest BCUT2D eigenvalue weighted by Gasteiger charge is 2.26. The summed E-state index contributed by atoms with van der Waals surface area (Å²) in [7, 11) is 0. The largest absolute Gasteiger partial charge is 0.486 e. The molecule has 0 saturated heterocycles. The van der Waals surface area contributed by atoms with Crippen LogP contribution in [0.5, 0.6) is 11.5 Å². The Morgan fingerprint density at radius 3 is 2.77 bits per heavy atom. The van der Waals surface area contributed by atoms with Gasteiger partial charge in [0.2, 0.25) is 0 Å². The van der Waals surface area contributed by atoms with Crippen LogP contribution in [0.25, 0.3) is 6.08 Å². The Kier molecular flexibility index (Phi) is 5.79. The molecule has 1 aliphatic heterocycles. The highest BCUT2D eigenvalue weighted by molar-refractivity contribution is 5.89. The molecule has 4 rings (SSSR count). The molecule has 0 spiro atoms. The monoisotopic (exact) mass is 410 g/mol. The fourth-order valence-electron chi connectivity index (χ4n) is 3.65. The maximum Gasteiger partial charge on any atom is 0.331 e. The summed E-state index contributed by atoms with van der Waals surface area (Å²) in [5.74, 6) is 0.415. The van der Waals surface area contributed by atoms with Gasteiger partial charge in [-0.1, -0.05) is 12.1 Å². The van der Waals surface area contributed by atoms with E-state index in [9.17, 15) is 9.59 Å². The number of carbonyl (C=O) groups excluding carboxylic acids is 2. The Morgan fingerprint density at radius 2 is 2.00 bits per heavy atom. The molecule has 0 unspecified atom stereocenters. The van der Waals surface area contributed by atoms with Crippen molar-refractivity contribution in [3.8, 4) is 11.5 Å². The zero-order valence-electron chi connectivity index (χ0n) is 17.2. The van der Waals surface area contributed by atoms with E-state index in [0.29, 0.717) is 24.1 Å². The Labute approximate surface area is 175 Å². The SMILES string of the molecule is Cc1cc(/C=C/C(=O)OCC(=O)NC[C@H]2COc3ccccc3O2)c(C)n1C1CC1. The summed E-state index contributed by atoms with van der Waals surface area (Å²) in [6.07, 6.45) is 5.23. The van der Waals surface area contributed by atoms with E-state index < -0.39 is 5.97 Å². The third-order valence-corrected chi connectivity index (χ3v) is 5.27. The molecule has 0 bridgehead atoms. The highest BCUT2D eigenvalue weighted by Crippen LogP contribution is 2.38. The second kappa shape index (κ2) is 8.65. The van der Waals surface area contributed by atoms with E-state index >= 15 is 0 Å². The zero-order chi connectivity index (χ0) is 21.1. The molecular formula is C23H26N2O5. The molecule has 2 aromatic rings. The summed E-state index contributed by atoms with van der Waals surface area (Å²) in [4.78, 5) is 24.0. The maximum absolute atomic E-state index is 12.0. The second-order valence-electron chi connectivity index (χ2n) is 7.67. The normalized spacial score (nSPS) is 17.7. The lowest BCUT2D eigenvalue weighted by Gasteiger charge is -2.26. The van der Waals surface area contributed by atoms with Crippen molar-refractivity contribution in [1.82, 2.24) is 9.88 Å². The van der Waals surface area contributed by atoms with Crippen molar-refractivity contribution >= 4 is 18.0 Å². The first kappa shape index (κ1) is 20.1. The molecule has 7 heteroatoms. The first-order valence-corrected chi connectivity index (χ1v) is 10.2. The molecule has 1 saturated carbocycles. The number of aryl methyl sites for hydroxylation is 1. The minimum absolute atomic E-state index is 0.272. The van der Waals surface area contributed by atoms with Gasteiger partial charge < -0.3 is 24.1 Å². The van der Waals surface area contributed by atoms with Gasteiger partial charge in [-0.2, -0.15) is 0 Å². The number of amides is 1. The van der Waals surface area contributed by atoms with Gasteiger partial charge in [-0.15, -0.1) is 0 Å². The predicted octanol–water partition coefficient (Wildman–Crippen LogP) is 2.95. The Bertz CT molecular complexity index is 974. The predicted molar refractivity (Wildman–Crippen MR) is 112 cm³/mol. The number of carbonyl (C=O) groups is 2. The molecule has 2 aliphatic rings. The van der Waals surface area contributed by atoms with Gasteiger partial charge in [0.25, 0.3) is 5.91 Å². The van der Waals surface area contributed by atoms with E-state index in [0.717, 1.165) is 11.3 Å². The van der Waals surface area contributed by atoms with Crippen molar-refractivity contribution in [2.75, 3.05) is 19.8 Å². The van der Waals surface area contributed by atoms with Gasteiger partial charge in [0, 0.05) is 23.5 Å². The number of hydrogen-bond donors (Lipinski definition) is 1. The van der Waals surface area contributed by atoms with Gasteiger partial charge in [-0.25, -0.2) is 4.79 Å². The number of para-hydroxylation sites is 2. The molecule has 30 heavy (non-hydrogen) atoms. The summed E-state index contributed by atoms with van der Waals surface area (Å²) in [5.41, 5.74) is 3.34. The first-order chi connectivity index (χ1) is 14.5. The van der Waals surface area contributed by atoms with Crippen LogP contribution in [0.2, 0.25) is 0 Å². The topological polar surface area (TPSA) is 78.8 Å². The van der Waals surface area contributed by atoms with Gasteiger partial charge in [-0.05, 0) is 56.5 Å². The van der Waals surface area contributed by atoms with Crippen LogP contribution in [0.1, 0.15) is 35.8 Å². The quantitative estimate of drug-likeness (QED) is 0.561. The van der Waals surface area contributed by atoms with Crippen molar-refractivity contribution in [3.63, 3.8) is 0 Å². The number of nitrogens with zero attached hydrogens (tertiary/aromatic N) is 1. The molecule has 1 atom stereocenters. The minimum atomic E-state index is -0.549. The number of fused-ring (bicyclic) bond motifs is 1. The molecule has 1 aromatic carbocycles. The molecule has 0 radical (unpaired) electrons. The summed E-state index contributed by atoms with van der Waals surface area (Å²) in [6.45, 7) is 4.41. The number of benzene rings is 1. The minimum Gasteiger partial charge on any atom is -0.486 e. The van der Waals surface area contributed by atoms with Crippen LogP contribution in [0.15, 0.2) is 36.4 Å². The Morgan fingerprint density at radius 1 is 1.23 bits per heavy atom. The molecule has 1 aliphatic carbocycles. The van der Waals surface area contributed by atoms with E-state index in [1.54, 1.807) is 6.08 Å². The molecule has 2 heterocycles. The summed E-state index contributed by atoms with van der Waals surface area (Å²) in [6, 6.07) is 10.0. The summed E-state index contributed by atoms with van der Waals surface area (Å²) < 4.78 is 18.7. The number of nitrogens with one attached hydrogen (secondary N) is 1. The van der Waals surface area contributed by atoms with E-state index in [1.165, 1.54) is 24.6 Å². The van der Waals surface area contributed by atoms with Gasteiger partial charge in [-0.3, -0.25) is 4.79 Å². The Hall–Kier alpha value is -3.22. The molecule has 1 N–H and O–H groups in total. The van der Waals surface area contributed by atoms with Gasteiger partial charge >= 0.3 is 5.97 Å². The number of ether oxygens (including phenoxy) is 3. The van der Waals surface area contributed by atoms with Crippen molar-refractivity contribution in [2.24, 2.45) is 0 Å². The van der Waals surface area contributed by atoms with E-state index in [4.69, 9.17) is 14.2 Å². The zero-order valence-corrected chi connectivity index (χ0v) is 17.2. The summed E-state index contributed by atoms with van der Waals surface area (Å²) >= 11 is 0. The van der Waals surface area contributed by atoms with Crippen LogP contribution in [-0.4, -0.2) is 42.3 Å². The molecule has 158 valence electrons. The van der Waals surface area contributed by atoms with Crippen molar-refractivity contribution in [2.45, 2.75) is 38.8 Å². The number of aromatic nitrogens is 1. The fourth-order valence-corrected chi connectivity index (χ4v) is 3.65. The fraction of sp³-hybridized carbons (Fsp3) is 0.391.